The number of anilines is 1. The van der Waals surface area contributed by atoms with Crippen molar-refractivity contribution >= 4 is 28.5 Å². The van der Waals surface area contributed by atoms with Crippen LogP contribution < -0.4 is 10.1 Å². The number of methoxy groups -OCH3 is 1. The van der Waals surface area contributed by atoms with Crippen molar-refractivity contribution in [3.05, 3.63) is 59.4 Å². The number of amides is 1. The molecule has 0 saturated heterocycles. The first-order chi connectivity index (χ1) is 12.5. The third-order valence-corrected chi connectivity index (χ3v) is 3.99. The van der Waals surface area contributed by atoms with Gasteiger partial charge in [0.05, 0.1) is 13.7 Å². The SMILES string of the molecule is CCOC(=O)c1oc2cc(NC(=O)c3cccc(OC)c3)ccc2c1C. The predicted molar refractivity (Wildman–Crippen MR) is 97.9 cm³/mol. The summed E-state index contributed by atoms with van der Waals surface area (Å²) in [4.78, 5) is 24.4. The Hall–Kier alpha value is -3.28. The maximum absolute atomic E-state index is 12.4. The van der Waals surface area contributed by atoms with Gasteiger partial charge in [-0.3, -0.25) is 4.79 Å². The zero-order valence-electron chi connectivity index (χ0n) is 14.8. The standard InChI is InChI=1S/C20H19NO5/c1-4-25-20(23)18-12(2)16-9-8-14(11-17(16)26-18)21-19(22)13-6-5-7-15(10-13)24-3/h5-11H,4H2,1-3H3,(H,21,22). The molecule has 3 rings (SSSR count). The summed E-state index contributed by atoms with van der Waals surface area (Å²) in [5, 5.41) is 3.61. The van der Waals surface area contributed by atoms with Gasteiger partial charge in [-0.2, -0.15) is 0 Å². The molecule has 6 nitrogen and oxygen atoms in total. The molecule has 0 fully saturated rings. The second-order valence-corrected chi connectivity index (χ2v) is 5.67. The first-order valence-electron chi connectivity index (χ1n) is 8.19. The molecule has 0 aliphatic carbocycles. The van der Waals surface area contributed by atoms with E-state index in [0.29, 0.717) is 28.1 Å². The van der Waals surface area contributed by atoms with Crippen molar-refractivity contribution in [1.82, 2.24) is 0 Å². The highest BCUT2D eigenvalue weighted by molar-refractivity contribution is 6.05. The summed E-state index contributed by atoms with van der Waals surface area (Å²) in [7, 11) is 1.55. The maximum Gasteiger partial charge on any atom is 0.374 e. The molecule has 1 amide bonds. The lowest BCUT2D eigenvalue weighted by molar-refractivity contribution is 0.0491. The summed E-state index contributed by atoms with van der Waals surface area (Å²) in [5.41, 5.74) is 2.26. The average molecular weight is 353 g/mol. The lowest BCUT2D eigenvalue weighted by atomic mass is 10.1. The third-order valence-electron chi connectivity index (χ3n) is 3.99. The number of rotatable bonds is 5. The van der Waals surface area contributed by atoms with Crippen molar-refractivity contribution in [2.75, 3.05) is 19.0 Å². The summed E-state index contributed by atoms with van der Waals surface area (Å²) in [6, 6.07) is 12.1. The Balaban J connectivity index is 1.87. The van der Waals surface area contributed by atoms with E-state index in [1.165, 1.54) is 0 Å². The van der Waals surface area contributed by atoms with Gasteiger partial charge in [0, 0.05) is 28.3 Å². The Morgan fingerprint density at radius 1 is 1.15 bits per heavy atom. The fourth-order valence-corrected chi connectivity index (χ4v) is 2.66. The molecule has 2 aromatic carbocycles. The topological polar surface area (TPSA) is 77.8 Å². The minimum absolute atomic E-state index is 0.179. The quantitative estimate of drug-likeness (QED) is 0.696. The Bertz CT molecular complexity index is 973. The molecule has 134 valence electrons. The van der Waals surface area contributed by atoms with E-state index in [4.69, 9.17) is 13.9 Å². The molecule has 0 aliphatic heterocycles. The van der Waals surface area contributed by atoms with E-state index >= 15 is 0 Å². The van der Waals surface area contributed by atoms with Crippen LogP contribution in [0.3, 0.4) is 0 Å². The molecule has 0 unspecified atom stereocenters. The molecule has 0 spiro atoms. The van der Waals surface area contributed by atoms with Crippen LogP contribution in [0, 0.1) is 6.92 Å². The Labute approximate surface area is 150 Å². The summed E-state index contributed by atoms with van der Waals surface area (Å²) in [5.74, 6) is 0.0206. The van der Waals surface area contributed by atoms with E-state index in [1.807, 2.05) is 0 Å². The smallest absolute Gasteiger partial charge is 0.374 e. The van der Waals surface area contributed by atoms with Gasteiger partial charge >= 0.3 is 5.97 Å². The van der Waals surface area contributed by atoms with Crippen molar-refractivity contribution in [3.63, 3.8) is 0 Å². The van der Waals surface area contributed by atoms with Crippen molar-refractivity contribution in [3.8, 4) is 5.75 Å². The number of aryl methyl sites for hydroxylation is 1. The summed E-state index contributed by atoms with van der Waals surface area (Å²) >= 11 is 0. The molecule has 0 saturated carbocycles. The number of esters is 1. The molecule has 6 heteroatoms. The first-order valence-corrected chi connectivity index (χ1v) is 8.19. The molecule has 1 N–H and O–H groups in total. The van der Waals surface area contributed by atoms with Crippen LogP contribution in [0.25, 0.3) is 11.0 Å². The van der Waals surface area contributed by atoms with Gasteiger partial charge in [0.2, 0.25) is 5.76 Å². The van der Waals surface area contributed by atoms with Gasteiger partial charge < -0.3 is 19.2 Å². The average Bonchev–Trinajstić information content (AvgIpc) is 2.98. The predicted octanol–water partition coefficient (Wildman–Crippen LogP) is 4.18. The normalized spacial score (nSPS) is 10.6. The summed E-state index contributed by atoms with van der Waals surface area (Å²) < 4.78 is 15.8. The number of benzene rings is 2. The fraction of sp³-hybridized carbons (Fsp3) is 0.200. The minimum Gasteiger partial charge on any atom is -0.497 e. The number of furan rings is 1. The molecule has 3 aromatic rings. The van der Waals surface area contributed by atoms with E-state index in [2.05, 4.69) is 5.32 Å². The van der Waals surface area contributed by atoms with Crippen LogP contribution in [0.2, 0.25) is 0 Å². The Morgan fingerprint density at radius 2 is 1.96 bits per heavy atom. The maximum atomic E-state index is 12.4. The van der Waals surface area contributed by atoms with Crippen LogP contribution in [0.5, 0.6) is 5.75 Å². The van der Waals surface area contributed by atoms with Gasteiger partial charge in [-0.1, -0.05) is 6.07 Å². The molecule has 1 aromatic heterocycles. The summed E-state index contributed by atoms with van der Waals surface area (Å²) in [6.07, 6.45) is 0. The Kier molecular flexibility index (Phi) is 4.93. The van der Waals surface area contributed by atoms with Crippen LogP contribution in [0.4, 0.5) is 5.69 Å². The highest BCUT2D eigenvalue weighted by atomic mass is 16.5. The second kappa shape index (κ2) is 7.31. The van der Waals surface area contributed by atoms with Crippen LogP contribution in [-0.4, -0.2) is 25.6 Å². The number of fused-ring (bicyclic) bond motifs is 1. The lowest BCUT2D eigenvalue weighted by Gasteiger charge is -2.06. The molecule has 26 heavy (non-hydrogen) atoms. The molecule has 0 radical (unpaired) electrons. The van der Waals surface area contributed by atoms with Gasteiger partial charge in [0.1, 0.15) is 11.3 Å². The van der Waals surface area contributed by atoms with Crippen molar-refractivity contribution in [2.45, 2.75) is 13.8 Å². The van der Waals surface area contributed by atoms with Crippen LogP contribution in [0.1, 0.15) is 33.4 Å². The molecular weight excluding hydrogens is 334 g/mol. The number of hydrogen-bond donors (Lipinski definition) is 1. The Morgan fingerprint density at radius 3 is 2.69 bits per heavy atom. The number of ether oxygens (including phenoxy) is 2. The second-order valence-electron chi connectivity index (χ2n) is 5.67. The van der Waals surface area contributed by atoms with Crippen LogP contribution in [0.15, 0.2) is 46.9 Å². The zero-order chi connectivity index (χ0) is 18.7. The van der Waals surface area contributed by atoms with E-state index in [1.54, 1.807) is 63.4 Å². The first kappa shape index (κ1) is 17.5. The van der Waals surface area contributed by atoms with E-state index in [0.717, 1.165) is 5.39 Å². The highest BCUT2D eigenvalue weighted by Gasteiger charge is 2.19. The van der Waals surface area contributed by atoms with E-state index in [-0.39, 0.29) is 18.3 Å². The van der Waals surface area contributed by atoms with Crippen molar-refractivity contribution in [1.29, 1.82) is 0 Å². The van der Waals surface area contributed by atoms with Gasteiger partial charge in [-0.25, -0.2) is 4.79 Å². The lowest BCUT2D eigenvalue weighted by Crippen LogP contribution is -2.11. The molecule has 0 bridgehead atoms. The van der Waals surface area contributed by atoms with Crippen molar-refractivity contribution < 1.29 is 23.5 Å². The molecule has 0 atom stereocenters. The number of carbonyl (C=O) groups is 2. The molecular formula is C20H19NO5. The van der Waals surface area contributed by atoms with Crippen LogP contribution >= 0.6 is 0 Å². The largest absolute Gasteiger partial charge is 0.497 e. The number of hydrogen-bond acceptors (Lipinski definition) is 5. The fourth-order valence-electron chi connectivity index (χ4n) is 2.66. The van der Waals surface area contributed by atoms with Gasteiger partial charge in [0.25, 0.3) is 5.91 Å². The van der Waals surface area contributed by atoms with Gasteiger partial charge in [0.15, 0.2) is 0 Å². The van der Waals surface area contributed by atoms with Gasteiger partial charge in [-0.05, 0) is 44.2 Å². The number of nitrogens with one attached hydrogen (secondary N) is 1. The highest BCUT2D eigenvalue weighted by Crippen LogP contribution is 2.28. The minimum atomic E-state index is -0.497. The molecule has 1 heterocycles. The zero-order valence-corrected chi connectivity index (χ0v) is 14.8. The monoisotopic (exact) mass is 353 g/mol. The van der Waals surface area contributed by atoms with Crippen molar-refractivity contribution in [2.24, 2.45) is 0 Å². The van der Waals surface area contributed by atoms with E-state index < -0.39 is 5.97 Å². The van der Waals surface area contributed by atoms with Gasteiger partial charge in [-0.15, -0.1) is 0 Å². The number of carbonyl (C=O) groups excluding carboxylic acids is 2. The van der Waals surface area contributed by atoms with E-state index in [9.17, 15) is 9.59 Å². The third kappa shape index (κ3) is 3.39. The van der Waals surface area contributed by atoms with Crippen LogP contribution in [-0.2, 0) is 4.74 Å². The summed E-state index contributed by atoms with van der Waals surface area (Å²) in [6.45, 7) is 3.81. The molecule has 0 aliphatic rings.